The van der Waals surface area contributed by atoms with Crippen molar-refractivity contribution in [3.05, 3.63) is 53.6 Å². The smallest absolute Gasteiger partial charge is 0.251 e. The monoisotopic (exact) mass is 414 g/mol. The maximum atomic E-state index is 12.3. The highest BCUT2D eigenvalue weighted by molar-refractivity contribution is 5.94. The van der Waals surface area contributed by atoms with E-state index in [-0.39, 0.29) is 5.91 Å². The van der Waals surface area contributed by atoms with Crippen LogP contribution in [-0.2, 0) is 6.54 Å². The lowest BCUT2D eigenvalue weighted by molar-refractivity contribution is 0.0954. The van der Waals surface area contributed by atoms with E-state index in [0.717, 1.165) is 17.1 Å². The van der Waals surface area contributed by atoms with E-state index in [1.165, 1.54) is 0 Å². The number of benzene rings is 2. The van der Waals surface area contributed by atoms with Crippen LogP contribution in [0.25, 0.3) is 0 Å². The molecule has 2 aromatic carbocycles. The Balaban J connectivity index is 1.86. The number of carbonyl (C=O) groups excluding carboxylic acids is 1. The molecule has 2 aromatic rings. The molecular formula is C22H30N4O4. The minimum Gasteiger partial charge on any atom is -0.497 e. The number of hydrogen-bond donors (Lipinski definition) is 2. The van der Waals surface area contributed by atoms with Crippen molar-refractivity contribution < 1.29 is 19.0 Å². The largest absolute Gasteiger partial charge is 0.497 e. The Morgan fingerprint density at radius 2 is 1.67 bits per heavy atom. The Morgan fingerprint density at radius 3 is 2.33 bits per heavy atom. The normalized spacial score (nSPS) is 10.9. The molecule has 2 rings (SSSR count). The molecule has 0 spiro atoms. The summed E-state index contributed by atoms with van der Waals surface area (Å²) in [5, 5.41) is 6.13. The molecule has 0 heterocycles. The van der Waals surface area contributed by atoms with E-state index in [1.54, 1.807) is 52.6 Å². The summed E-state index contributed by atoms with van der Waals surface area (Å²) in [6.07, 6.45) is 0. The van der Waals surface area contributed by atoms with E-state index >= 15 is 0 Å². The summed E-state index contributed by atoms with van der Waals surface area (Å²) in [4.78, 5) is 18.6. The average molecular weight is 415 g/mol. The topological polar surface area (TPSA) is 84.4 Å². The highest BCUT2D eigenvalue weighted by Gasteiger charge is 2.11. The molecule has 8 nitrogen and oxygen atoms in total. The first-order valence-electron chi connectivity index (χ1n) is 9.57. The van der Waals surface area contributed by atoms with E-state index < -0.39 is 0 Å². The molecule has 162 valence electrons. The zero-order valence-corrected chi connectivity index (χ0v) is 18.2. The second kappa shape index (κ2) is 11.5. The molecule has 0 radical (unpaired) electrons. The zero-order valence-electron chi connectivity index (χ0n) is 18.2. The van der Waals surface area contributed by atoms with Crippen LogP contribution in [0, 0.1) is 0 Å². The molecule has 0 aliphatic carbocycles. The van der Waals surface area contributed by atoms with E-state index in [2.05, 4.69) is 15.6 Å². The second-order valence-electron chi connectivity index (χ2n) is 6.50. The van der Waals surface area contributed by atoms with Gasteiger partial charge in [-0.3, -0.25) is 9.79 Å². The number of nitrogens with zero attached hydrogens (tertiary/aromatic N) is 2. The summed E-state index contributed by atoms with van der Waals surface area (Å²) in [7, 11) is 8.49. The molecule has 0 saturated heterocycles. The molecule has 2 N–H and O–H groups in total. The minimum absolute atomic E-state index is 0.151. The third-order valence-corrected chi connectivity index (χ3v) is 4.50. The molecule has 0 fully saturated rings. The number of amides is 1. The lowest BCUT2D eigenvalue weighted by Gasteiger charge is -2.23. The number of nitrogens with one attached hydrogen (secondary N) is 2. The zero-order chi connectivity index (χ0) is 21.9. The van der Waals surface area contributed by atoms with Crippen LogP contribution in [-0.4, -0.2) is 65.3 Å². The quantitative estimate of drug-likeness (QED) is 0.372. The molecule has 0 bridgehead atoms. The van der Waals surface area contributed by atoms with Gasteiger partial charge in [0.2, 0.25) is 0 Å². The standard InChI is InChI=1S/C22H30N4O4/c1-23-22(26(2)15-17-9-10-19(29-4)14-20(17)30-5)25-12-11-24-21(27)16-7-6-8-18(13-16)28-3/h6-10,13-14H,11-12,15H2,1-5H3,(H,23,25)(H,24,27). The maximum Gasteiger partial charge on any atom is 0.251 e. The SMILES string of the molecule is CN=C(NCCNC(=O)c1cccc(OC)c1)N(C)Cc1ccc(OC)cc1OC. The summed E-state index contributed by atoms with van der Waals surface area (Å²) < 4.78 is 15.9. The lowest BCUT2D eigenvalue weighted by atomic mass is 10.2. The number of aliphatic imine (C=N–C) groups is 1. The number of guanidine groups is 1. The molecule has 0 saturated carbocycles. The molecule has 0 unspecified atom stereocenters. The van der Waals surface area contributed by atoms with Gasteiger partial charge in [-0.2, -0.15) is 0 Å². The minimum atomic E-state index is -0.151. The van der Waals surface area contributed by atoms with E-state index in [9.17, 15) is 4.79 Å². The molecule has 0 atom stereocenters. The van der Waals surface area contributed by atoms with E-state index in [1.807, 2.05) is 30.1 Å². The van der Waals surface area contributed by atoms with Gasteiger partial charge in [0.25, 0.3) is 5.91 Å². The van der Waals surface area contributed by atoms with Crippen molar-refractivity contribution in [2.24, 2.45) is 4.99 Å². The molecule has 0 aromatic heterocycles. The van der Waals surface area contributed by atoms with Crippen LogP contribution >= 0.6 is 0 Å². The Labute approximate surface area is 177 Å². The highest BCUT2D eigenvalue weighted by Crippen LogP contribution is 2.25. The van der Waals surface area contributed by atoms with Crippen LogP contribution in [0.4, 0.5) is 0 Å². The van der Waals surface area contributed by atoms with Crippen LogP contribution in [0.5, 0.6) is 17.2 Å². The third kappa shape index (κ3) is 6.30. The summed E-state index contributed by atoms with van der Waals surface area (Å²) in [6.45, 7) is 1.59. The van der Waals surface area contributed by atoms with Gasteiger partial charge in [0, 0.05) is 50.9 Å². The first kappa shape index (κ1) is 22.9. The Bertz CT molecular complexity index is 870. The molecule has 0 aliphatic heterocycles. The summed E-state index contributed by atoms with van der Waals surface area (Å²) >= 11 is 0. The van der Waals surface area contributed by atoms with Gasteiger partial charge in [0.15, 0.2) is 5.96 Å². The number of methoxy groups -OCH3 is 3. The number of rotatable bonds is 9. The van der Waals surface area contributed by atoms with Crippen LogP contribution in [0.1, 0.15) is 15.9 Å². The number of hydrogen-bond acceptors (Lipinski definition) is 5. The average Bonchev–Trinajstić information content (AvgIpc) is 2.79. The fraction of sp³-hybridized carbons (Fsp3) is 0.364. The molecule has 1 amide bonds. The van der Waals surface area contributed by atoms with Crippen molar-refractivity contribution in [3.8, 4) is 17.2 Å². The van der Waals surface area contributed by atoms with Crippen LogP contribution in [0.15, 0.2) is 47.5 Å². The number of carbonyl (C=O) groups is 1. The van der Waals surface area contributed by atoms with Crippen LogP contribution in [0.3, 0.4) is 0 Å². The van der Waals surface area contributed by atoms with Crippen LogP contribution < -0.4 is 24.8 Å². The van der Waals surface area contributed by atoms with Gasteiger partial charge < -0.3 is 29.7 Å². The number of ether oxygens (including phenoxy) is 3. The van der Waals surface area contributed by atoms with Gasteiger partial charge >= 0.3 is 0 Å². The molecular weight excluding hydrogens is 384 g/mol. The summed E-state index contributed by atoms with van der Waals surface area (Å²) in [5.41, 5.74) is 1.57. The summed E-state index contributed by atoms with van der Waals surface area (Å²) in [5.74, 6) is 2.71. The van der Waals surface area contributed by atoms with Gasteiger partial charge in [-0.1, -0.05) is 6.07 Å². The van der Waals surface area contributed by atoms with Gasteiger partial charge in [0.05, 0.1) is 21.3 Å². The van der Waals surface area contributed by atoms with E-state index in [4.69, 9.17) is 14.2 Å². The molecule has 8 heteroatoms. The van der Waals surface area contributed by atoms with Crippen molar-refractivity contribution in [3.63, 3.8) is 0 Å². The first-order chi connectivity index (χ1) is 14.5. The first-order valence-corrected chi connectivity index (χ1v) is 9.57. The Kier molecular flexibility index (Phi) is 8.80. The predicted octanol–water partition coefficient (Wildman–Crippen LogP) is 2.15. The van der Waals surface area contributed by atoms with Gasteiger partial charge in [-0.05, 0) is 30.3 Å². The van der Waals surface area contributed by atoms with Crippen molar-refractivity contribution in [1.82, 2.24) is 15.5 Å². The van der Waals surface area contributed by atoms with Crippen molar-refractivity contribution in [2.45, 2.75) is 6.54 Å². The van der Waals surface area contributed by atoms with Crippen LogP contribution in [0.2, 0.25) is 0 Å². The Hall–Kier alpha value is -3.42. The maximum absolute atomic E-state index is 12.3. The van der Waals surface area contributed by atoms with Crippen molar-refractivity contribution >= 4 is 11.9 Å². The third-order valence-electron chi connectivity index (χ3n) is 4.50. The van der Waals surface area contributed by atoms with Gasteiger partial charge in [0.1, 0.15) is 17.2 Å². The summed E-state index contributed by atoms with van der Waals surface area (Å²) in [6, 6.07) is 12.8. The lowest BCUT2D eigenvalue weighted by Crippen LogP contribution is -2.42. The predicted molar refractivity (Wildman–Crippen MR) is 118 cm³/mol. The fourth-order valence-corrected chi connectivity index (χ4v) is 2.91. The fourth-order valence-electron chi connectivity index (χ4n) is 2.91. The Morgan fingerprint density at radius 1 is 0.967 bits per heavy atom. The van der Waals surface area contributed by atoms with Gasteiger partial charge in [-0.15, -0.1) is 0 Å². The second-order valence-corrected chi connectivity index (χ2v) is 6.50. The van der Waals surface area contributed by atoms with Gasteiger partial charge in [-0.25, -0.2) is 0 Å². The highest BCUT2D eigenvalue weighted by atomic mass is 16.5. The van der Waals surface area contributed by atoms with Crippen molar-refractivity contribution in [1.29, 1.82) is 0 Å². The van der Waals surface area contributed by atoms with Crippen molar-refractivity contribution in [2.75, 3.05) is 48.5 Å². The van der Waals surface area contributed by atoms with E-state index in [0.29, 0.717) is 36.9 Å². The molecule has 30 heavy (non-hydrogen) atoms. The molecule has 0 aliphatic rings.